The third-order valence-corrected chi connectivity index (χ3v) is 4.18. The van der Waals surface area contributed by atoms with Gasteiger partial charge >= 0.3 is 11.9 Å². The molecule has 0 amide bonds. The Balaban J connectivity index is 1.91. The lowest BCUT2D eigenvalue weighted by Crippen LogP contribution is -2.12. The number of ether oxygens (including phenoxy) is 1. The molecule has 0 heterocycles. The van der Waals surface area contributed by atoms with Gasteiger partial charge in [-0.15, -0.1) is 0 Å². The largest absolute Gasteiger partial charge is 0.478 e. The Morgan fingerprint density at radius 3 is 2.36 bits per heavy atom. The first-order valence-electron chi connectivity index (χ1n) is 7.78. The van der Waals surface area contributed by atoms with Crippen molar-refractivity contribution in [3.8, 4) is 0 Å². The lowest BCUT2D eigenvalue weighted by atomic mass is 9.78. The van der Waals surface area contributed by atoms with Gasteiger partial charge in [0.15, 0.2) is 0 Å². The van der Waals surface area contributed by atoms with Crippen LogP contribution in [0.4, 0.5) is 0 Å². The summed E-state index contributed by atoms with van der Waals surface area (Å²) in [5.74, 6) is -0.301. The smallest absolute Gasteiger partial charge is 0.338 e. The molecule has 0 aromatic heterocycles. The second kappa shape index (κ2) is 7.78. The van der Waals surface area contributed by atoms with E-state index in [9.17, 15) is 9.59 Å². The summed E-state index contributed by atoms with van der Waals surface area (Å²) in [6.07, 6.45) is 7.17. The summed E-state index contributed by atoms with van der Waals surface area (Å²) >= 11 is 0. The van der Waals surface area contributed by atoms with Crippen molar-refractivity contribution in [3.63, 3.8) is 0 Å². The monoisotopic (exact) mass is 302 g/mol. The fraction of sp³-hybridized carbons (Fsp3) is 0.444. The summed E-state index contributed by atoms with van der Waals surface area (Å²) < 4.78 is 4.98. The fourth-order valence-corrected chi connectivity index (χ4v) is 2.97. The van der Waals surface area contributed by atoms with E-state index in [2.05, 4.69) is 0 Å². The Hall–Kier alpha value is -2.10. The van der Waals surface area contributed by atoms with Gasteiger partial charge in [0.05, 0.1) is 12.2 Å². The number of carbonyl (C=O) groups is 2. The molecule has 4 nitrogen and oxygen atoms in total. The van der Waals surface area contributed by atoms with Crippen LogP contribution in [0.2, 0.25) is 0 Å². The Morgan fingerprint density at radius 2 is 1.82 bits per heavy atom. The molecule has 1 aliphatic carbocycles. The average molecular weight is 302 g/mol. The first-order chi connectivity index (χ1) is 10.6. The first-order valence-corrected chi connectivity index (χ1v) is 7.78. The molecule has 1 aromatic carbocycles. The third kappa shape index (κ3) is 4.45. The van der Waals surface area contributed by atoms with Crippen LogP contribution in [0.25, 0.3) is 0 Å². The van der Waals surface area contributed by atoms with Gasteiger partial charge in [0.2, 0.25) is 0 Å². The van der Waals surface area contributed by atoms with E-state index in [1.807, 2.05) is 30.3 Å². The van der Waals surface area contributed by atoms with E-state index in [-0.39, 0.29) is 5.97 Å². The molecule has 4 heteroatoms. The van der Waals surface area contributed by atoms with Crippen LogP contribution in [-0.4, -0.2) is 23.7 Å². The highest BCUT2D eigenvalue weighted by molar-refractivity contribution is 5.89. The number of rotatable bonds is 5. The number of carboxylic acid groups (broad SMARTS) is 1. The molecule has 22 heavy (non-hydrogen) atoms. The van der Waals surface area contributed by atoms with E-state index >= 15 is 0 Å². The molecule has 0 unspecified atom stereocenters. The Morgan fingerprint density at radius 1 is 1.18 bits per heavy atom. The number of hydrogen-bond acceptors (Lipinski definition) is 3. The molecular weight excluding hydrogens is 280 g/mol. The van der Waals surface area contributed by atoms with Crippen LogP contribution < -0.4 is 0 Å². The molecule has 0 bridgehead atoms. The van der Waals surface area contributed by atoms with Gasteiger partial charge in [-0.3, -0.25) is 0 Å². The maximum absolute atomic E-state index is 11.6. The third-order valence-electron chi connectivity index (χ3n) is 4.18. The fourth-order valence-electron chi connectivity index (χ4n) is 2.97. The van der Waals surface area contributed by atoms with Gasteiger partial charge < -0.3 is 9.84 Å². The summed E-state index contributed by atoms with van der Waals surface area (Å²) in [4.78, 5) is 22.2. The Labute approximate surface area is 130 Å². The SMILES string of the molecule is CCOC(=O)c1ccc([C@H]2CC[C@H](/C=C/C(=O)O)CC2)cc1. The number of aliphatic carboxylic acids is 1. The van der Waals surface area contributed by atoms with E-state index in [0.717, 1.165) is 25.7 Å². The second-order valence-electron chi connectivity index (χ2n) is 5.65. The molecular formula is C18H22O4. The van der Waals surface area contributed by atoms with E-state index in [1.54, 1.807) is 6.92 Å². The van der Waals surface area contributed by atoms with Crippen molar-refractivity contribution in [2.24, 2.45) is 5.92 Å². The van der Waals surface area contributed by atoms with Crippen LogP contribution in [0.3, 0.4) is 0 Å². The number of carbonyl (C=O) groups excluding carboxylic acids is 1. The summed E-state index contributed by atoms with van der Waals surface area (Å²) in [7, 11) is 0. The molecule has 1 aromatic rings. The van der Waals surface area contributed by atoms with E-state index in [4.69, 9.17) is 9.84 Å². The van der Waals surface area contributed by atoms with Gasteiger partial charge in [0, 0.05) is 6.08 Å². The standard InChI is InChI=1S/C18H22O4/c1-2-22-18(21)16-10-8-15(9-11-16)14-6-3-13(4-7-14)5-12-17(19)20/h5,8-14H,2-4,6-7H2,1H3,(H,19,20)/b12-5+/t13-,14-. The van der Waals surface area contributed by atoms with Crippen molar-refractivity contribution >= 4 is 11.9 Å². The highest BCUT2D eigenvalue weighted by Crippen LogP contribution is 2.36. The lowest BCUT2D eigenvalue weighted by molar-refractivity contribution is -0.131. The van der Waals surface area contributed by atoms with Gasteiger partial charge in [0.1, 0.15) is 0 Å². The normalized spacial score (nSPS) is 21.7. The average Bonchev–Trinajstić information content (AvgIpc) is 2.54. The quantitative estimate of drug-likeness (QED) is 0.664. The second-order valence-corrected chi connectivity index (χ2v) is 5.65. The minimum Gasteiger partial charge on any atom is -0.478 e. The van der Waals surface area contributed by atoms with Gasteiger partial charge in [-0.05, 0) is 62.1 Å². The molecule has 1 fully saturated rings. The molecule has 118 valence electrons. The van der Waals surface area contributed by atoms with Crippen molar-refractivity contribution in [1.29, 1.82) is 0 Å². The van der Waals surface area contributed by atoms with Gasteiger partial charge in [-0.25, -0.2) is 9.59 Å². The van der Waals surface area contributed by atoms with Crippen LogP contribution in [0, 0.1) is 5.92 Å². The highest BCUT2D eigenvalue weighted by Gasteiger charge is 2.21. The molecule has 0 aliphatic heterocycles. The van der Waals surface area contributed by atoms with Crippen LogP contribution in [0.5, 0.6) is 0 Å². The molecule has 0 saturated heterocycles. The van der Waals surface area contributed by atoms with Crippen molar-refractivity contribution in [2.75, 3.05) is 6.61 Å². The number of hydrogen-bond donors (Lipinski definition) is 1. The van der Waals surface area contributed by atoms with E-state index in [1.165, 1.54) is 11.6 Å². The van der Waals surface area contributed by atoms with Crippen molar-refractivity contribution in [3.05, 3.63) is 47.5 Å². The zero-order valence-corrected chi connectivity index (χ0v) is 12.8. The van der Waals surface area contributed by atoms with E-state index in [0.29, 0.717) is 24.0 Å². The maximum Gasteiger partial charge on any atom is 0.338 e. The zero-order chi connectivity index (χ0) is 15.9. The van der Waals surface area contributed by atoms with Crippen molar-refractivity contribution < 1.29 is 19.4 Å². The molecule has 0 spiro atoms. The molecule has 0 atom stereocenters. The molecule has 1 aliphatic rings. The first kappa shape index (κ1) is 16.3. The summed E-state index contributed by atoms with van der Waals surface area (Å²) in [6.45, 7) is 2.18. The molecule has 2 rings (SSSR count). The topological polar surface area (TPSA) is 63.6 Å². The minimum absolute atomic E-state index is 0.281. The van der Waals surface area contributed by atoms with Crippen molar-refractivity contribution in [2.45, 2.75) is 38.5 Å². The van der Waals surface area contributed by atoms with Crippen LogP contribution in [0.15, 0.2) is 36.4 Å². The number of benzene rings is 1. The predicted molar refractivity (Wildman–Crippen MR) is 83.9 cm³/mol. The predicted octanol–water partition coefficient (Wildman–Crippen LogP) is 3.78. The van der Waals surface area contributed by atoms with Crippen LogP contribution in [-0.2, 0) is 9.53 Å². The summed E-state index contributed by atoms with van der Waals surface area (Å²) in [5, 5.41) is 8.66. The number of esters is 1. The van der Waals surface area contributed by atoms with Crippen molar-refractivity contribution in [1.82, 2.24) is 0 Å². The number of carboxylic acids is 1. The van der Waals surface area contributed by atoms with E-state index < -0.39 is 5.97 Å². The van der Waals surface area contributed by atoms with Crippen LogP contribution in [0.1, 0.15) is 54.4 Å². The Bertz CT molecular complexity index is 537. The summed E-state index contributed by atoms with van der Waals surface area (Å²) in [5.41, 5.74) is 1.83. The lowest BCUT2D eigenvalue weighted by Gasteiger charge is -2.27. The minimum atomic E-state index is -0.878. The molecule has 1 saturated carbocycles. The van der Waals surface area contributed by atoms with Crippen LogP contribution >= 0.6 is 0 Å². The molecule has 1 N–H and O–H groups in total. The highest BCUT2D eigenvalue weighted by atomic mass is 16.5. The van der Waals surface area contributed by atoms with Gasteiger partial charge in [0.25, 0.3) is 0 Å². The summed E-state index contributed by atoms with van der Waals surface area (Å²) in [6, 6.07) is 7.65. The van der Waals surface area contributed by atoms with Gasteiger partial charge in [-0.2, -0.15) is 0 Å². The zero-order valence-electron chi connectivity index (χ0n) is 12.8. The maximum atomic E-state index is 11.6. The number of allylic oxidation sites excluding steroid dienone is 1. The Kier molecular flexibility index (Phi) is 5.75. The molecule has 0 radical (unpaired) electrons. The van der Waals surface area contributed by atoms with Gasteiger partial charge in [-0.1, -0.05) is 18.2 Å².